The van der Waals surface area contributed by atoms with Gasteiger partial charge in [0.25, 0.3) is 5.91 Å². The predicted octanol–water partition coefficient (Wildman–Crippen LogP) is 2.49. The number of amides is 2. The summed E-state index contributed by atoms with van der Waals surface area (Å²) in [5, 5.41) is 2.86. The molecule has 0 radical (unpaired) electrons. The predicted molar refractivity (Wildman–Crippen MR) is 129 cm³/mol. The van der Waals surface area contributed by atoms with Crippen LogP contribution in [0.5, 0.6) is 0 Å². The normalized spacial score (nSPS) is 15.7. The first-order chi connectivity index (χ1) is 16.0. The fourth-order valence-electron chi connectivity index (χ4n) is 3.93. The molecule has 8 nitrogen and oxygen atoms in total. The van der Waals surface area contributed by atoms with E-state index in [1.165, 1.54) is 23.4 Å². The first-order valence-corrected chi connectivity index (χ1v) is 12.7. The number of hydrogen-bond donors (Lipinski definition) is 1. The molecule has 1 heterocycles. The number of aryl methyl sites for hydroxylation is 1. The molecule has 0 aliphatic carbocycles. The highest BCUT2D eigenvalue weighted by Gasteiger charge is 2.34. The molecule has 2 aromatic carbocycles. The highest BCUT2D eigenvalue weighted by Crippen LogP contribution is 2.20. The van der Waals surface area contributed by atoms with Gasteiger partial charge < -0.3 is 10.2 Å². The molecule has 3 rings (SSSR count). The van der Waals surface area contributed by atoms with Gasteiger partial charge in [-0.05, 0) is 43.5 Å². The van der Waals surface area contributed by atoms with E-state index >= 15 is 0 Å². The van der Waals surface area contributed by atoms with Gasteiger partial charge in [-0.3, -0.25) is 14.4 Å². The lowest BCUT2D eigenvalue weighted by Crippen LogP contribution is -2.57. The van der Waals surface area contributed by atoms with Crippen LogP contribution in [0.2, 0.25) is 0 Å². The van der Waals surface area contributed by atoms with Crippen molar-refractivity contribution in [3.05, 3.63) is 65.2 Å². The van der Waals surface area contributed by atoms with Crippen molar-refractivity contribution in [1.82, 2.24) is 14.5 Å². The van der Waals surface area contributed by atoms with E-state index in [1.54, 1.807) is 29.2 Å². The number of benzene rings is 2. The molecule has 9 heteroatoms. The molecule has 0 aromatic heterocycles. The van der Waals surface area contributed by atoms with E-state index in [4.69, 9.17) is 0 Å². The molecular weight excluding hydrogens is 454 g/mol. The molecule has 1 N–H and O–H groups in total. The SMILES string of the molecule is CC(=O)c1cccc(S(=O)(=O)N2CCN(C(=O)[C@@H](NC(=O)c3ccccc3C)C(C)C)CC2)c1. The van der Waals surface area contributed by atoms with Gasteiger partial charge in [-0.1, -0.05) is 44.2 Å². The molecule has 182 valence electrons. The third-order valence-corrected chi connectivity index (χ3v) is 7.93. The summed E-state index contributed by atoms with van der Waals surface area (Å²) in [5.74, 6) is -0.888. The zero-order valence-electron chi connectivity index (χ0n) is 19.9. The van der Waals surface area contributed by atoms with Crippen molar-refractivity contribution < 1.29 is 22.8 Å². The lowest BCUT2D eigenvalue weighted by molar-refractivity contribution is -0.135. The van der Waals surface area contributed by atoms with Crippen LogP contribution in [0.1, 0.15) is 47.1 Å². The van der Waals surface area contributed by atoms with Gasteiger partial charge in [-0.25, -0.2) is 8.42 Å². The largest absolute Gasteiger partial charge is 0.340 e. The lowest BCUT2D eigenvalue weighted by Gasteiger charge is -2.36. The minimum Gasteiger partial charge on any atom is -0.340 e. The van der Waals surface area contributed by atoms with Gasteiger partial charge in [0.2, 0.25) is 15.9 Å². The minimum absolute atomic E-state index is 0.0607. The summed E-state index contributed by atoms with van der Waals surface area (Å²) in [4.78, 5) is 39.3. The van der Waals surface area contributed by atoms with E-state index in [1.807, 2.05) is 32.9 Å². The fourth-order valence-corrected chi connectivity index (χ4v) is 5.40. The number of carbonyl (C=O) groups is 3. The van der Waals surface area contributed by atoms with Crippen LogP contribution < -0.4 is 5.32 Å². The average Bonchev–Trinajstić information content (AvgIpc) is 2.82. The molecule has 0 spiro atoms. The summed E-state index contributed by atoms with van der Waals surface area (Å²) in [5.41, 5.74) is 1.67. The Bertz CT molecular complexity index is 1180. The number of nitrogens with one attached hydrogen (secondary N) is 1. The standard InChI is InChI=1S/C25H31N3O5S/c1-17(2)23(26-24(30)22-11-6-5-8-18(22)3)25(31)27-12-14-28(15-13-27)34(32,33)21-10-7-9-20(16-21)19(4)29/h5-11,16-17,23H,12-15H2,1-4H3,(H,26,30)/t23-/m0/s1. The van der Waals surface area contributed by atoms with E-state index in [2.05, 4.69) is 5.32 Å². The Morgan fingerprint density at radius 3 is 2.18 bits per heavy atom. The van der Waals surface area contributed by atoms with Crippen LogP contribution in [0.4, 0.5) is 0 Å². The number of Topliss-reactive ketones (excluding diaryl/α,β-unsaturated/α-hetero) is 1. The van der Waals surface area contributed by atoms with Gasteiger partial charge >= 0.3 is 0 Å². The zero-order chi connectivity index (χ0) is 25.0. The highest BCUT2D eigenvalue weighted by molar-refractivity contribution is 7.89. The number of hydrogen-bond acceptors (Lipinski definition) is 5. The van der Waals surface area contributed by atoms with Crippen LogP contribution in [0.3, 0.4) is 0 Å². The van der Waals surface area contributed by atoms with Gasteiger partial charge in [0.05, 0.1) is 4.90 Å². The van der Waals surface area contributed by atoms with Crippen LogP contribution in [0, 0.1) is 12.8 Å². The van der Waals surface area contributed by atoms with Crippen LogP contribution in [0.25, 0.3) is 0 Å². The summed E-state index contributed by atoms with van der Waals surface area (Å²) in [6.45, 7) is 7.66. The summed E-state index contributed by atoms with van der Waals surface area (Å²) in [6.07, 6.45) is 0. The van der Waals surface area contributed by atoms with Gasteiger partial charge in [0.15, 0.2) is 5.78 Å². The molecule has 1 atom stereocenters. The molecule has 34 heavy (non-hydrogen) atoms. The molecule has 1 fully saturated rings. The van der Waals surface area contributed by atoms with Crippen LogP contribution in [-0.4, -0.2) is 67.4 Å². The zero-order valence-corrected chi connectivity index (χ0v) is 20.8. The second-order valence-electron chi connectivity index (χ2n) is 8.82. The maximum atomic E-state index is 13.2. The van der Waals surface area contributed by atoms with Gasteiger partial charge in [0.1, 0.15) is 6.04 Å². The Morgan fingerprint density at radius 2 is 1.59 bits per heavy atom. The van der Waals surface area contributed by atoms with Gasteiger partial charge in [-0.2, -0.15) is 4.31 Å². The van der Waals surface area contributed by atoms with Crippen molar-refractivity contribution in [2.45, 2.75) is 38.6 Å². The molecule has 0 bridgehead atoms. The number of ketones is 1. The van der Waals surface area contributed by atoms with Crippen LogP contribution in [0.15, 0.2) is 53.4 Å². The Hall–Kier alpha value is -3.04. The Labute approximate surface area is 201 Å². The summed E-state index contributed by atoms with van der Waals surface area (Å²) >= 11 is 0. The van der Waals surface area contributed by atoms with Crippen molar-refractivity contribution in [1.29, 1.82) is 0 Å². The molecule has 0 unspecified atom stereocenters. The smallest absolute Gasteiger partial charge is 0.252 e. The van der Waals surface area contributed by atoms with Crippen molar-refractivity contribution in [2.24, 2.45) is 5.92 Å². The maximum absolute atomic E-state index is 13.2. The first kappa shape index (κ1) is 25.6. The first-order valence-electron chi connectivity index (χ1n) is 11.3. The number of nitrogens with zero attached hydrogens (tertiary/aromatic N) is 2. The fraction of sp³-hybridized carbons (Fsp3) is 0.400. The van der Waals surface area contributed by atoms with Gasteiger partial charge in [-0.15, -0.1) is 0 Å². The van der Waals surface area contributed by atoms with E-state index in [0.29, 0.717) is 11.1 Å². The molecule has 1 saturated heterocycles. The van der Waals surface area contributed by atoms with Crippen molar-refractivity contribution >= 4 is 27.6 Å². The number of rotatable bonds is 7. The number of sulfonamides is 1. The van der Waals surface area contributed by atoms with E-state index in [9.17, 15) is 22.8 Å². The second-order valence-corrected chi connectivity index (χ2v) is 10.8. The molecule has 1 aliphatic heterocycles. The second kappa shape index (κ2) is 10.5. The highest BCUT2D eigenvalue weighted by atomic mass is 32.2. The minimum atomic E-state index is -3.79. The molecule has 2 aromatic rings. The Kier molecular flexibility index (Phi) is 7.89. The quantitative estimate of drug-likeness (QED) is 0.607. The molecule has 0 saturated carbocycles. The molecular formula is C25H31N3O5S. The van der Waals surface area contributed by atoms with Gasteiger partial charge in [0, 0.05) is 37.3 Å². The topological polar surface area (TPSA) is 104 Å². The Morgan fingerprint density at radius 1 is 0.941 bits per heavy atom. The third kappa shape index (κ3) is 5.53. The monoisotopic (exact) mass is 485 g/mol. The van der Waals surface area contributed by atoms with Crippen molar-refractivity contribution in [3.8, 4) is 0 Å². The van der Waals surface area contributed by atoms with E-state index in [-0.39, 0.29) is 54.6 Å². The van der Waals surface area contributed by atoms with E-state index in [0.717, 1.165) is 5.56 Å². The van der Waals surface area contributed by atoms with E-state index < -0.39 is 16.1 Å². The molecule has 2 amide bonds. The number of piperazine rings is 1. The summed E-state index contributed by atoms with van der Waals surface area (Å²) in [6, 6.07) is 12.4. The third-order valence-electron chi connectivity index (χ3n) is 6.04. The average molecular weight is 486 g/mol. The summed E-state index contributed by atoms with van der Waals surface area (Å²) < 4.78 is 27.5. The lowest BCUT2D eigenvalue weighted by atomic mass is 10.0. The van der Waals surface area contributed by atoms with Crippen LogP contribution >= 0.6 is 0 Å². The van der Waals surface area contributed by atoms with Crippen molar-refractivity contribution in [2.75, 3.05) is 26.2 Å². The maximum Gasteiger partial charge on any atom is 0.252 e. The van der Waals surface area contributed by atoms with Crippen molar-refractivity contribution in [3.63, 3.8) is 0 Å². The van der Waals surface area contributed by atoms with Crippen LogP contribution in [-0.2, 0) is 14.8 Å². The Balaban J connectivity index is 1.68. The number of carbonyl (C=O) groups excluding carboxylic acids is 3. The molecule has 1 aliphatic rings. The summed E-state index contributed by atoms with van der Waals surface area (Å²) in [7, 11) is -3.79.